The number of likely N-dealkylation sites (N-methyl/N-ethyl adjacent to an activating group) is 1. The van der Waals surface area contributed by atoms with Crippen LogP contribution in [0.15, 0.2) is 0 Å². The molecule has 4 nitrogen and oxygen atoms in total. The Hall–Kier alpha value is -0.680. The van der Waals surface area contributed by atoms with E-state index in [4.69, 9.17) is 4.98 Å². The van der Waals surface area contributed by atoms with Gasteiger partial charge in [-0.25, -0.2) is 4.98 Å². The van der Waals surface area contributed by atoms with Crippen molar-refractivity contribution in [2.45, 2.75) is 57.0 Å². The summed E-state index contributed by atoms with van der Waals surface area (Å²) in [7, 11) is 0. The van der Waals surface area contributed by atoms with Crippen molar-refractivity contribution in [1.29, 1.82) is 0 Å². The molecule has 2 bridgehead atoms. The maximum atomic E-state index is 4.84. The molecule has 2 saturated heterocycles. The van der Waals surface area contributed by atoms with Crippen LogP contribution in [0.5, 0.6) is 0 Å². The molecule has 0 spiro atoms. The molecule has 0 amide bonds. The van der Waals surface area contributed by atoms with Gasteiger partial charge in [-0.15, -0.1) is 0 Å². The van der Waals surface area contributed by atoms with Gasteiger partial charge in [0.05, 0.1) is 0 Å². The Morgan fingerprint density at radius 2 is 2.00 bits per heavy atom. The molecule has 1 aromatic rings. The van der Waals surface area contributed by atoms with Gasteiger partial charge in [0.2, 0.25) is 5.13 Å². The molecule has 19 heavy (non-hydrogen) atoms. The van der Waals surface area contributed by atoms with Gasteiger partial charge in [0.25, 0.3) is 0 Å². The summed E-state index contributed by atoms with van der Waals surface area (Å²) in [5, 5.41) is 1.20. The highest BCUT2D eigenvalue weighted by molar-refractivity contribution is 7.09. The second-order valence-electron chi connectivity index (χ2n) is 6.18. The second kappa shape index (κ2) is 4.70. The van der Waals surface area contributed by atoms with Crippen LogP contribution in [-0.2, 0) is 0 Å². The summed E-state index contributed by atoms with van der Waals surface area (Å²) in [4.78, 5) is 10.1. The maximum Gasteiger partial charge on any atom is 0.205 e. The van der Waals surface area contributed by atoms with Crippen molar-refractivity contribution in [1.82, 2.24) is 14.3 Å². The molecule has 1 saturated carbocycles. The molecule has 5 heteroatoms. The standard InChI is InChI=1S/C14H22N4S/c1-2-17-8-7-11-5-6-12(9-17)18(11)14-15-13(16-19-14)10-3-4-10/h10-12H,2-9H2,1H3. The Balaban J connectivity index is 1.58. The number of rotatable bonds is 3. The normalized spacial score (nSPS) is 31.7. The van der Waals surface area contributed by atoms with Gasteiger partial charge in [-0.2, -0.15) is 4.37 Å². The van der Waals surface area contributed by atoms with Crippen molar-refractivity contribution in [3.05, 3.63) is 5.82 Å². The molecular formula is C14H22N4S. The lowest BCUT2D eigenvalue weighted by atomic mass is 10.1. The lowest BCUT2D eigenvalue weighted by Gasteiger charge is -2.27. The third kappa shape index (κ3) is 2.17. The number of likely N-dealkylation sites (tertiary alicyclic amines) is 1. The Morgan fingerprint density at radius 3 is 2.79 bits per heavy atom. The highest BCUT2D eigenvalue weighted by Crippen LogP contribution is 2.42. The molecule has 3 aliphatic rings. The van der Waals surface area contributed by atoms with Gasteiger partial charge in [-0.1, -0.05) is 6.92 Å². The highest BCUT2D eigenvalue weighted by Gasteiger charge is 2.39. The predicted octanol–water partition coefficient (Wildman–Crippen LogP) is 2.48. The van der Waals surface area contributed by atoms with Crippen molar-refractivity contribution in [2.75, 3.05) is 24.5 Å². The fourth-order valence-electron chi connectivity index (χ4n) is 3.58. The first-order chi connectivity index (χ1) is 9.35. The Kier molecular flexibility index (Phi) is 2.99. The smallest absolute Gasteiger partial charge is 0.205 e. The number of hydrogen-bond acceptors (Lipinski definition) is 5. The van der Waals surface area contributed by atoms with E-state index in [1.165, 1.54) is 56.9 Å². The van der Waals surface area contributed by atoms with E-state index in [2.05, 4.69) is 21.1 Å². The summed E-state index contributed by atoms with van der Waals surface area (Å²) in [6, 6.07) is 1.38. The van der Waals surface area contributed by atoms with Gasteiger partial charge in [0.15, 0.2) is 0 Å². The van der Waals surface area contributed by atoms with Crippen LogP contribution in [0.1, 0.15) is 50.8 Å². The zero-order valence-corrected chi connectivity index (χ0v) is 12.4. The molecule has 4 rings (SSSR count). The fraction of sp³-hybridized carbons (Fsp3) is 0.857. The molecular weight excluding hydrogens is 256 g/mol. The summed E-state index contributed by atoms with van der Waals surface area (Å²) in [6.45, 7) is 5.92. The number of fused-ring (bicyclic) bond motifs is 2. The summed E-state index contributed by atoms with van der Waals surface area (Å²) in [5.41, 5.74) is 0. The van der Waals surface area contributed by atoms with Crippen LogP contribution in [0.4, 0.5) is 5.13 Å². The third-order valence-corrected chi connectivity index (χ3v) is 5.65. The zero-order chi connectivity index (χ0) is 12.8. The minimum atomic E-state index is 0.674. The average molecular weight is 278 g/mol. The van der Waals surface area contributed by atoms with Gasteiger partial charge in [-0.05, 0) is 38.6 Å². The predicted molar refractivity (Wildman–Crippen MR) is 77.9 cm³/mol. The first-order valence-corrected chi connectivity index (χ1v) is 8.46. The van der Waals surface area contributed by atoms with Crippen molar-refractivity contribution >= 4 is 16.7 Å². The lowest BCUT2D eigenvalue weighted by molar-refractivity contribution is 0.273. The summed E-state index contributed by atoms with van der Waals surface area (Å²) >= 11 is 1.64. The quantitative estimate of drug-likeness (QED) is 0.850. The van der Waals surface area contributed by atoms with Crippen LogP contribution in [0.2, 0.25) is 0 Å². The van der Waals surface area contributed by atoms with Crippen LogP contribution in [-0.4, -0.2) is 46.0 Å². The van der Waals surface area contributed by atoms with Crippen LogP contribution >= 0.6 is 11.5 Å². The Labute approximate surface area is 119 Å². The van der Waals surface area contributed by atoms with E-state index in [9.17, 15) is 0 Å². The monoisotopic (exact) mass is 278 g/mol. The van der Waals surface area contributed by atoms with Crippen LogP contribution in [0.25, 0.3) is 0 Å². The van der Waals surface area contributed by atoms with E-state index in [1.54, 1.807) is 11.5 Å². The lowest BCUT2D eigenvalue weighted by Crippen LogP contribution is -2.39. The topological polar surface area (TPSA) is 32.3 Å². The molecule has 1 aromatic heterocycles. The second-order valence-corrected chi connectivity index (χ2v) is 6.91. The molecule has 0 radical (unpaired) electrons. The van der Waals surface area contributed by atoms with Gasteiger partial charge in [0.1, 0.15) is 5.82 Å². The molecule has 2 aliphatic heterocycles. The van der Waals surface area contributed by atoms with E-state index in [-0.39, 0.29) is 0 Å². The van der Waals surface area contributed by atoms with Crippen molar-refractivity contribution in [3.8, 4) is 0 Å². The fourth-order valence-corrected chi connectivity index (χ4v) is 4.47. The molecule has 3 heterocycles. The van der Waals surface area contributed by atoms with Crippen molar-refractivity contribution in [2.24, 2.45) is 0 Å². The van der Waals surface area contributed by atoms with Crippen LogP contribution < -0.4 is 4.90 Å². The molecule has 2 atom stereocenters. The third-order valence-electron chi connectivity index (χ3n) is 4.91. The van der Waals surface area contributed by atoms with E-state index in [0.29, 0.717) is 18.0 Å². The van der Waals surface area contributed by atoms with Gasteiger partial charge in [0, 0.05) is 42.6 Å². The number of aromatic nitrogens is 2. The van der Waals surface area contributed by atoms with Crippen LogP contribution in [0.3, 0.4) is 0 Å². The SMILES string of the molecule is CCN1CCC2CCC(C1)N2c1nc(C2CC2)ns1. The van der Waals surface area contributed by atoms with Crippen molar-refractivity contribution in [3.63, 3.8) is 0 Å². The number of anilines is 1. The Bertz CT molecular complexity index is 456. The summed E-state index contributed by atoms with van der Waals surface area (Å²) in [6.07, 6.45) is 6.57. The molecule has 104 valence electrons. The largest absolute Gasteiger partial charge is 0.340 e. The van der Waals surface area contributed by atoms with E-state index >= 15 is 0 Å². The molecule has 1 aliphatic carbocycles. The maximum absolute atomic E-state index is 4.84. The number of nitrogens with zero attached hydrogens (tertiary/aromatic N) is 4. The molecule has 2 unspecified atom stereocenters. The van der Waals surface area contributed by atoms with Gasteiger partial charge >= 0.3 is 0 Å². The number of hydrogen-bond donors (Lipinski definition) is 0. The van der Waals surface area contributed by atoms with Gasteiger partial charge in [-0.3, -0.25) is 0 Å². The minimum Gasteiger partial charge on any atom is -0.340 e. The average Bonchev–Trinajstić information content (AvgIpc) is 3.05. The first-order valence-electron chi connectivity index (χ1n) is 7.69. The minimum absolute atomic E-state index is 0.674. The molecule has 0 aromatic carbocycles. The summed E-state index contributed by atoms with van der Waals surface area (Å²) < 4.78 is 4.60. The van der Waals surface area contributed by atoms with E-state index in [1.807, 2.05) is 0 Å². The van der Waals surface area contributed by atoms with E-state index in [0.717, 1.165) is 5.82 Å². The zero-order valence-electron chi connectivity index (χ0n) is 11.6. The highest BCUT2D eigenvalue weighted by atomic mass is 32.1. The van der Waals surface area contributed by atoms with Gasteiger partial charge < -0.3 is 9.80 Å². The van der Waals surface area contributed by atoms with Crippen molar-refractivity contribution < 1.29 is 0 Å². The van der Waals surface area contributed by atoms with E-state index < -0.39 is 0 Å². The van der Waals surface area contributed by atoms with Crippen LogP contribution in [0, 0.1) is 0 Å². The molecule has 3 fully saturated rings. The first kappa shape index (κ1) is 12.1. The molecule has 0 N–H and O–H groups in total. The Morgan fingerprint density at radius 1 is 1.16 bits per heavy atom. The summed E-state index contributed by atoms with van der Waals surface area (Å²) in [5.74, 6) is 1.80.